The number of rotatable bonds is 6. The van der Waals surface area contributed by atoms with Gasteiger partial charge in [0.2, 0.25) is 0 Å². The number of esters is 2. The predicted molar refractivity (Wildman–Crippen MR) is 81.8 cm³/mol. The van der Waals surface area contributed by atoms with Crippen LogP contribution in [0.15, 0.2) is 46.5 Å². The number of hydrogen-bond donors (Lipinski definition) is 1. The van der Waals surface area contributed by atoms with Crippen molar-refractivity contribution in [3.05, 3.63) is 46.5 Å². The summed E-state index contributed by atoms with van der Waals surface area (Å²) in [6.45, 7) is 0. The van der Waals surface area contributed by atoms with Crippen molar-refractivity contribution in [3.63, 3.8) is 0 Å². The summed E-state index contributed by atoms with van der Waals surface area (Å²) < 4.78 is 13.4. The van der Waals surface area contributed by atoms with Gasteiger partial charge >= 0.3 is 11.9 Å². The van der Waals surface area contributed by atoms with Crippen molar-refractivity contribution in [1.82, 2.24) is 0 Å². The average Bonchev–Trinajstić information content (AvgIpc) is 2.65. The Morgan fingerprint density at radius 2 is 1.24 bits per heavy atom. The zero-order chi connectivity index (χ0) is 19.4. The van der Waals surface area contributed by atoms with Gasteiger partial charge in [-0.25, -0.2) is 9.59 Å². The van der Waals surface area contributed by atoms with Gasteiger partial charge in [0.1, 0.15) is 34.9 Å². The number of methoxy groups -OCH3 is 3. The molecular weight excluding hydrogens is 330 g/mol. The van der Waals surface area contributed by atoms with Crippen LogP contribution in [0.3, 0.4) is 0 Å². The first-order chi connectivity index (χ1) is 11.9. The lowest BCUT2D eigenvalue weighted by molar-refractivity contribution is -0.136. The normalized spacial score (nSPS) is 11.7. The van der Waals surface area contributed by atoms with Gasteiger partial charge in [0, 0.05) is 0 Å². The van der Waals surface area contributed by atoms with Gasteiger partial charge in [0.15, 0.2) is 0 Å². The number of aliphatic hydroxyl groups excluding tert-OH is 1. The number of nitriles is 3. The van der Waals surface area contributed by atoms with Gasteiger partial charge in [-0.1, -0.05) is 0 Å². The lowest BCUT2D eigenvalue weighted by Crippen LogP contribution is -2.05. The lowest BCUT2D eigenvalue weighted by Gasteiger charge is -2.02. The highest BCUT2D eigenvalue weighted by molar-refractivity contribution is 5.95. The molecule has 0 unspecified atom stereocenters. The Labute approximate surface area is 143 Å². The van der Waals surface area contributed by atoms with Gasteiger partial charge in [-0.2, -0.15) is 15.8 Å². The van der Waals surface area contributed by atoms with E-state index in [1.807, 2.05) is 0 Å². The second-order valence-electron chi connectivity index (χ2n) is 4.00. The highest BCUT2D eigenvalue weighted by Crippen LogP contribution is 2.14. The average molecular weight is 343 g/mol. The van der Waals surface area contributed by atoms with Gasteiger partial charge < -0.3 is 19.3 Å². The van der Waals surface area contributed by atoms with Crippen LogP contribution in [0.1, 0.15) is 0 Å². The van der Waals surface area contributed by atoms with Crippen LogP contribution in [-0.4, -0.2) is 38.4 Å². The Bertz CT molecular complexity index is 751. The number of ether oxygens (including phenoxy) is 3. The van der Waals surface area contributed by atoms with E-state index in [1.54, 1.807) is 18.2 Å². The standard InChI is InChI=1S/C16H13N3O6/c1-23-14(20)11(7-17)4-10(5-12(8-18)15(21)24-2)6-13(9-19)16(22)25-3/h4-6,20H,1-3H3. The first-order valence-corrected chi connectivity index (χ1v) is 6.37. The minimum atomic E-state index is -0.975. The number of carbonyl (C=O) groups excluding carboxylic acids is 2. The first-order valence-electron chi connectivity index (χ1n) is 6.37. The minimum absolute atomic E-state index is 0.107. The van der Waals surface area contributed by atoms with Crippen LogP contribution < -0.4 is 0 Å². The molecule has 0 aliphatic rings. The van der Waals surface area contributed by atoms with Gasteiger partial charge in [0.05, 0.1) is 21.3 Å². The Morgan fingerprint density at radius 3 is 1.52 bits per heavy atom. The maximum atomic E-state index is 11.5. The minimum Gasteiger partial charge on any atom is -0.480 e. The molecule has 0 spiro atoms. The van der Waals surface area contributed by atoms with Crippen LogP contribution in [0, 0.1) is 34.0 Å². The molecular formula is C16H13N3O6. The molecule has 0 aromatic rings. The van der Waals surface area contributed by atoms with Crippen LogP contribution >= 0.6 is 0 Å². The van der Waals surface area contributed by atoms with Gasteiger partial charge in [-0.05, 0) is 23.8 Å². The summed E-state index contributed by atoms with van der Waals surface area (Å²) in [5, 5.41) is 36.5. The molecule has 1 N–H and O–H groups in total. The van der Waals surface area contributed by atoms with E-state index < -0.39 is 29.0 Å². The third-order valence-corrected chi connectivity index (χ3v) is 2.53. The summed E-state index contributed by atoms with van der Waals surface area (Å²) in [6, 6.07) is 4.78. The van der Waals surface area contributed by atoms with Gasteiger partial charge in [0.25, 0.3) is 5.95 Å². The molecule has 128 valence electrons. The molecule has 0 saturated carbocycles. The van der Waals surface area contributed by atoms with Crippen LogP contribution in [0.25, 0.3) is 0 Å². The quantitative estimate of drug-likeness (QED) is 0.245. The smallest absolute Gasteiger partial charge is 0.348 e. The summed E-state index contributed by atoms with van der Waals surface area (Å²) in [7, 11) is 3.22. The lowest BCUT2D eigenvalue weighted by atomic mass is 10.1. The van der Waals surface area contributed by atoms with Crippen molar-refractivity contribution in [2.24, 2.45) is 0 Å². The molecule has 0 amide bonds. The fourth-order valence-corrected chi connectivity index (χ4v) is 1.37. The number of allylic oxidation sites excluding steroid dienone is 5. The molecule has 0 radical (unpaired) electrons. The topological polar surface area (TPSA) is 153 Å². The number of aliphatic hydroxyl groups is 1. The molecule has 0 fully saturated rings. The van der Waals surface area contributed by atoms with Crippen LogP contribution in [0.2, 0.25) is 0 Å². The van der Waals surface area contributed by atoms with E-state index in [2.05, 4.69) is 14.2 Å². The summed E-state index contributed by atoms with van der Waals surface area (Å²) in [5.41, 5.74) is -1.43. The molecule has 0 bridgehead atoms. The van der Waals surface area contributed by atoms with Gasteiger partial charge in [-0.15, -0.1) is 0 Å². The maximum Gasteiger partial charge on any atom is 0.348 e. The van der Waals surface area contributed by atoms with Crippen LogP contribution in [0.4, 0.5) is 0 Å². The van der Waals surface area contributed by atoms with Crippen molar-refractivity contribution in [2.75, 3.05) is 21.3 Å². The van der Waals surface area contributed by atoms with Crippen LogP contribution in [0.5, 0.6) is 0 Å². The second kappa shape index (κ2) is 10.7. The zero-order valence-corrected chi connectivity index (χ0v) is 13.6. The summed E-state index contributed by atoms with van der Waals surface area (Å²) in [5.74, 6) is -2.69. The van der Waals surface area contributed by atoms with Crippen molar-refractivity contribution in [2.45, 2.75) is 0 Å². The van der Waals surface area contributed by atoms with Crippen molar-refractivity contribution < 1.29 is 28.9 Å². The SMILES string of the molecule is COC(=O)C(C#N)=CC(=CC(C#N)=C(O)OC)C=C(C#N)C(=O)OC. The zero-order valence-electron chi connectivity index (χ0n) is 13.6. The predicted octanol–water partition coefficient (Wildman–Crippen LogP) is 1.10. The van der Waals surface area contributed by atoms with Crippen molar-refractivity contribution >= 4 is 11.9 Å². The summed E-state index contributed by atoms with van der Waals surface area (Å²) in [6.07, 6.45) is 2.93. The van der Waals surface area contributed by atoms with E-state index in [1.165, 1.54) is 0 Å². The largest absolute Gasteiger partial charge is 0.480 e. The van der Waals surface area contributed by atoms with Gasteiger partial charge in [-0.3, -0.25) is 0 Å². The van der Waals surface area contributed by atoms with E-state index >= 15 is 0 Å². The van der Waals surface area contributed by atoms with Crippen molar-refractivity contribution in [3.8, 4) is 18.2 Å². The number of nitrogens with zero attached hydrogens (tertiary/aromatic N) is 3. The van der Waals surface area contributed by atoms with E-state index in [4.69, 9.17) is 15.8 Å². The second-order valence-corrected chi connectivity index (χ2v) is 4.00. The molecule has 0 saturated heterocycles. The third-order valence-electron chi connectivity index (χ3n) is 2.53. The summed E-state index contributed by atoms with van der Waals surface area (Å²) in [4.78, 5) is 23.0. The van der Waals surface area contributed by atoms with E-state index in [0.717, 1.165) is 39.6 Å². The Kier molecular flexibility index (Phi) is 8.94. The molecule has 25 heavy (non-hydrogen) atoms. The Balaban J connectivity index is 6.52. The fraction of sp³-hybridized carbons (Fsp3) is 0.188. The highest BCUT2D eigenvalue weighted by atomic mass is 16.6. The highest BCUT2D eigenvalue weighted by Gasteiger charge is 2.13. The molecule has 0 rings (SSSR count). The monoisotopic (exact) mass is 343 g/mol. The number of hydrogen-bond acceptors (Lipinski definition) is 9. The van der Waals surface area contributed by atoms with Crippen molar-refractivity contribution in [1.29, 1.82) is 15.8 Å². The molecule has 0 atom stereocenters. The summed E-state index contributed by atoms with van der Waals surface area (Å²) >= 11 is 0. The molecule has 0 aliphatic carbocycles. The van der Waals surface area contributed by atoms with E-state index in [9.17, 15) is 14.7 Å². The Hall–Kier alpha value is -4.03. The molecule has 0 aromatic carbocycles. The van der Waals surface area contributed by atoms with E-state index in [-0.39, 0.29) is 11.1 Å². The maximum absolute atomic E-state index is 11.5. The third kappa shape index (κ3) is 6.31. The molecule has 9 heteroatoms. The molecule has 9 nitrogen and oxygen atoms in total. The molecule has 0 aromatic heterocycles. The Morgan fingerprint density at radius 1 is 0.800 bits per heavy atom. The fourth-order valence-electron chi connectivity index (χ4n) is 1.37. The number of carbonyl (C=O) groups is 2. The van der Waals surface area contributed by atoms with E-state index in [0.29, 0.717) is 0 Å². The molecule has 0 aliphatic heterocycles. The van der Waals surface area contributed by atoms with Crippen LogP contribution in [-0.2, 0) is 23.8 Å². The molecule has 0 heterocycles. The first kappa shape index (κ1) is 21.0.